The van der Waals surface area contributed by atoms with Gasteiger partial charge in [0.2, 0.25) is 5.91 Å². The molecule has 0 aromatic heterocycles. The van der Waals surface area contributed by atoms with Crippen molar-refractivity contribution >= 4 is 24.0 Å². The zero-order valence-corrected chi connectivity index (χ0v) is 12.6. The fourth-order valence-corrected chi connectivity index (χ4v) is 2.29. The first-order valence-electron chi connectivity index (χ1n) is 6.79. The number of alkyl halides is 3. The average Bonchev–Trinajstić information content (AvgIpc) is 2.87. The second-order valence-electron chi connectivity index (χ2n) is 5.02. The van der Waals surface area contributed by atoms with Crippen molar-refractivity contribution < 1.29 is 22.7 Å². The highest BCUT2D eigenvalue weighted by Crippen LogP contribution is 2.25. The lowest BCUT2D eigenvalue weighted by Crippen LogP contribution is -2.17. The fourth-order valence-electron chi connectivity index (χ4n) is 2.29. The largest absolute Gasteiger partial charge is 0.573 e. The molecule has 1 amide bonds. The maximum Gasteiger partial charge on any atom is 0.573 e. The molecule has 1 unspecified atom stereocenters. The monoisotopic (exact) mass is 338 g/mol. The second-order valence-corrected chi connectivity index (χ2v) is 5.02. The van der Waals surface area contributed by atoms with Crippen LogP contribution in [0, 0.1) is 5.92 Å². The van der Waals surface area contributed by atoms with Crippen LogP contribution >= 0.6 is 12.4 Å². The minimum Gasteiger partial charge on any atom is -0.406 e. The quantitative estimate of drug-likeness (QED) is 0.865. The van der Waals surface area contributed by atoms with Crippen molar-refractivity contribution in [3.63, 3.8) is 0 Å². The molecule has 0 spiro atoms. The first-order valence-corrected chi connectivity index (χ1v) is 6.79. The first-order chi connectivity index (χ1) is 9.92. The van der Waals surface area contributed by atoms with Gasteiger partial charge in [0.15, 0.2) is 0 Å². The van der Waals surface area contributed by atoms with Gasteiger partial charge in [0, 0.05) is 18.2 Å². The number of carbonyl (C=O) groups is 1. The molecule has 22 heavy (non-hydrogen) atoms. The highest BCUT2D eigenvalue weighted by molar-refractivity contribution is 5.90. The molecule has 1 aromatic rings. The Morgan fingerprint density at radius 3 is 2.82 bits per heavy atom. The van der Waals surface area contributed by atoms with E-state index in [1.54, 1.807) is 0 Å². The number of carbonyl (C=O) groups excluding carboxylic acids is 1. The third kappa shape index (κ3) is 6.53. The summed E-state index contributed by atoms with van der Waals surface area (Å²) in [5, 5.41) is 5.81. The summed E-state index contributed by atoms with van der Waals surface area (Å²) in [6, 6.07) is 5.27. The standard InChI is InChI=1S/C14H17F3N2O2.ClH/c15-14(16,17)21-12-3-1-2-11(8-12)19-13(20)5-4-10-6-7-18-9-10;/h1-3,8,10,18H,4-7,9H2,(H,19,20);1H. The number of halogens is 4. The van der Waals surface area contributed by atoms with E-state index in [1.807, 2.05) is 0 Å². The molecular formula is C14H18ClF3N2O2. The van der Waals surface area contributed by atoms with Crippen LogP contribution in [-0.4, -0.2) is 25.4 Å². The second kappa shape index (κ2) is 8.24. The number of amides is 1. The van der Waals surface area contributed by atoms with Crippen LogP contribution in [-0.2, 0) is 4.79 Å². The summed E-state index contributed by atoms with van der Waals surface area (Å²) >= 11 is 0. The van der Waals surface area contributed by atoms with Gasteiger partial charge in [0.05, 0.1) is 0 Å². The minimum atomic E-state index is -4.74. The summed E-state index contributed by atoms with van der Waals surface area (Å²) in [5.41, 5.74) is 0.297. The summed E-state index contributed by atoms with van der Waals surface area (Å²) in [7, 11) is 0. The van der Waals surface area contributed by atoms with Crippen molar-refractivity contribution in [2.75, 3.05) is 18.4 Å². The van der Waals surface area contributed by atoms with Gasteiger partial charge in [-0.1, -0.05) is 6.07 Å². The molecule has 1 heterocycles. The molecule has 0 bridgehead atoms. The molecule has 2 N–H and O–H groups in total. The van der Waals surface area contributed by atoms with Crippen LogP contribution < -0.4 is 15.4 Å². The van der Waals surface area contributed by atoms with Gasteiger partial charge in [-0.3, -0.25) is 4.79 Å². The summed E-state index contributed by atoms with van der Waals surface area (Å²) in [6.07, 6.45) is -2.55. The molecule has 8 heteroatoms. The zero-order valence-electron chi connectivity index (χ0n) is 11.8. The van der Waals surface area contributed by atoms with Crippen LogP contribution in [0.1, 0.15) is 19.3 Å². The predicted octanol–water partition coefficient (Wildman–Crippen LogP) is 3.34. The van der Waals surface area contributed by atoms with Crippen molar-refractivity contribution in [3.8, 4) is 5.75 Å². The number of ether oxygens (including phenoxy) is 1. The smallest absolute Gasteiger partial charge is 0.406 e. The molecule has 0 saturated carbocycles. The molecule has 2 rings (SSSR count). The summed E-state index contributed by atoms with van der Waals surface area (Å²) < 4.78 is 40.1. The third-order valence-electron chi connectivity index (χ3n) is 3.29. The topological polar surface area (TPSA) is 50.4 Å². The van der Waals surface area contributed by atoms with E-state index < -0.39 is 6.36 Å². The fraction of sp³-hybridized carbons (Fsp3) is 0.500. The highest BCUT2D eigenvalue weighted by atomic mass is 35.5. The van der Waals surface area contributed by atoms with E-state index in [9.17, 15) is 18.0 Å². The minimum absolute atomic E-state index is 0. The van der Waals surface area contributed by atoms with E-state index in [-0.39, 0.29) is 24.1 Å². The Kier molecular flexibility index (Phi) is 6.96. The molecule has 4 nitrogen and oxygen atoms in total. The average molecular weight is 339 g/mol. The molecule has 1 aromatic carbocycles. The number of hydrogen-bond donors (Lipinski definition) is 2. The van der Waals surface area contributed by atoms with Crippen LogP contribution in [0.5, 0.6) is 5.75 Å². The highest BCUT2D eigenvalue weighted by Gasteiger charge is 2.31. The van der Waals surface area contributed by atoms with Crippen molar-refractivity contribution in [3.05, 3.63) is 24.3 Å². The molecule has 1 aliphatic rings. The van der Waals surface area contributed by atoms with E-state index in [2.05, 4.69) is 15.4 Å². The van der Waals surface area contributed by atoms with Crippen LogP contribution in [0.15, 0.2) is 24.3 Å². The Labute approximate surface area is 132 Å². The van der Waals surface area contributed by atoms with Crippen LogP contribution in [0.25, 0.3) is 0 Å². The molecule has 1 aliphatic heterocycles. The molecule has 0 aliphatic carbocycles. The lowest BCUT2D eigenvalue weighted by molar-refractivity contribution is -0.274. The van der Waals surface area contributed by atoms with Gasteiger partial charge < -0.3 is 15.4 Å². The maximum absolute atomic E-state index is 12.1. The van der Waals surface area contributed by atoms with Crippen LogP contribution in [0.4, 0.5) is 18.9 Å². The number of nitrogens with one attached hydrogen (secondary N) is 2. The lowest BCUT2D eigenvalue weighted by atomic mass is 10.0. The summed E-state index contributed by atoms with van der Waals surface area (Å²) in [4.78, 5) is 11.8. The molecule has 124 valence electrons. The number of rotatable bonds is 5. The van der Waals surface area contributed by atoms with Crippen molar-refractivity contribution in [2.24, 2.45) is 5.92 Å². The molecule has 1 saturated heterocycles. The van der Waals surface area contributed by atoms with Crippen LogP contribution in [0.3, 0.4) is 0 Å². The summed E-state index contributed by atoms with van der Waals surface area (Å²) in [6.45, 7) is 1.89. The van der Waals surface area contributed by atoms with Crippen LogP contribution in [0.2, 0.25) is 0 Å². The van der Waals surface area contributed by atoms with Gasteiger partial charge in [-0.15, -0.1) is 25.6 Å². The summed E-state index contributed by atoms with van der Waals surface area (Å²) in [5.74, 6) is -0.0537. The Bertz CT molecular complexity index is 491. The normalized spacial score (nSPS) is 17.7. The Morgan fingerprint density at radius 1 is 1.41 bits per heavy atom. The third-order valence-corrected chi connectivity index (χ3v) is 3.29. The molecule has 1 atom stereocenters. The predicted molar refractivity (Wildman–Crippen MR) is 79.2 cm³/mol. The van der Waals surface area contributed by atoms with E-state index in [0.29, 0.717) is 18.0 Å². The number of anilines is 1. The van der Waals surface area contributed by atoms with Gasteiger partial charge >= 0.3 is 6.36 Å². The van der Waals surface area contributed by atoms with E-state index in [1.165, 1.54) is 18.2 Å². The Hall–Kier alpha value is -1.47. The van der Waals surface area contributed by atoms with Gasteiger partial charge in [-0.25, -0.2) is 0 Å². The van der Waals surface area contributed by atoms with Crippen molar-refractivity contribution in [1.29, 1.82) is 0 Å². The SMILES string of the molecule is Cl.O=C(CCC1CCNC1)Nc1cccc(OC(F)(F)F)c1. The maximum atomic E-state index is 12.1. The Morgan fingerprint density at radius 2 is 2.18 bits per heavy atom. The van der Waals surface area contributed by atoms with Gasteiger partial charge in [0.25, 0.3) is 0 Å². The van der Waals surface area contributed by atoms with Crippen molar-refractivity contribution in [1.82, 2.24) is 5.32 Å². The van der Waals surface area contributed by atoms with Crippen molar-refractivity contribution in [2.45, 2.75) is 25.6 Å². The molecule has 0 radical (unpaired) electrons. The zero-order chi connectivity index (χ0) is 15.3. The number of hydrogen-bond acceptors (Lipinski definition) is 3. The molecular weight excluding hydrogens is 321 g/mol. The lowest BCUT2D eigenvalue weighted by Gasteiger charge is -2.11. The first kappa shape index (κ1) is 18.6. The van der Waals surface area contributed by atoms with Gasteiger partial charge in [-0.2, -0.15) is 0 Å². The van der Waals surface area contributed by atoms with E-state index >= 15 is 0 Å². The Balaban J connectivity index is 0.00000242. The van der Waals surface area contributed by atoms with Gasteiger partial charge in [-0.05, 0) is 44.0 Å². The number of benzene rings is 1. The molecule has 1 fully saturated rings. The van der Waals surface area contributed by atoms with Gasteiger partial charge in [0.1, 0.15) is 5.75 Å². The van der Waals surface area contributed by atoms with E-state index in [0.717, 1.165) is 32.0 Å². The van der Waals surface area contributed by atoms with E-state index in [4.69, 9.17) is 0 Å².